The Morgan fingerprint density at radius 3 is 2.63 bits per heavy atom. The zero-order valence-corrected chi connectivity index (χ0v) is 17.7. The molecule has 0 unspecified atom stereocenters. The molecule has 0 atom stereocenters. The van der Waals surface area contributed by atoms with E-state index in [1.165, 1.54) is 11.8 Å². The summed E-state index contributed by atoms with van der Waals surface area (Å²) in [5, 5.41) is 13.4. The van der Waals surface area contributed by atoms with E-state index < -0.39 is 0 Å². The maximum atomic E-state index is 5.66. The number of hydrogen-bond acceptors (Lipinski definition) is 8. The molecule has 4 aromatic rings. The predicted molar refractivity (Wildman–Crippen MR) is 113 cm³/mol. The van der Waals surface area contributed by atoms with Gasteiger partial charge in [-0.05, 0) is 50.2 Å². The van der Waals surface area contributed by atoms with Crippen molar-refractivity contribution in [3.63, 3.8) is 0 Å². The molecule has 0 amide bonds. The van der Waals surface area contributed by atoms with E-state index in [4.69, 9.17) is 14.0 Å². The van der Waals surface area contributed by atoms with Gasteiger partial charge in [0.05, 0.1) is 25.0 Å². The lowest BCUT2D eigenvalue weighted by Gasteiger charge is -2.08. The van der Waals surface area contributed by atoms with Crippen LogP contribution < -0.4 is 9.47 Å². The van der Waals surface area contributed by atoms with E-state index in [9.17, 15) is 0 Å². The Labute approximate surface area is 178 Å². The van der Waals surface area contributed by atoms with Crippen molar-refractivity contribution in [2.75, 3.05) is 13.7 Å². The first-order valence-corrected chi connectivity index (χ1v) is 10.4. The average molecular weight is 423 g/mol. The maximum absolute atomic E-state index is 5.66. The number of para-hydroxylation sites is 1. The molecule has 0 saturated carbocycles. The van der Waals surface area contributed by atoms with Gasteiger partial charge in [-0.15, -0.1) is 10.2 Å². The lowest BCUT2D eigenvalue weighted by Crippen LogP contribution is -1.99. The number of hydrogen-bond donors (Lipinski definition) is 0. The minimum atomic E-state index is 0.470. The molecule has 0 aliphatic carbocycles. The van der Waals surface area contributed by atoms with E-state index in [0.717, 1.165) is 33.7 Å². The van der Waals surface area contributed by atoms with Crippen molar-refractivity contribution in [3.8, 4) is 28.6 Å². The van der Waals surface area contributed by atoms with Crippen molar-refractivity contribution in [2.24, 2.45) is 0 Å². The monoisotopic (exact) mass is 423 g/mol. The molecule has 8 nitrogen and oxygen atoms in total. The lowest BCUT2D eigenvalue weighted by molar-refractivity contribution is 0.341. The number of rotatable bonds is 8. The third-order valence-corrected chi connectivity index (χ3v) is 5.26. The van der Waals surface area contributed by atoms with Crippen molar-refractivity contribution < 1.29 is 14.0 Å². The number of ether oxygens (including phenoxy) is 2. The Morgan fingerprint density at radius 1 is 1.07 bits per heavy atom. The number of aromatic nitrogens is 5. The van der Waals surface area contributed by atoms with E-state index in [1.54, 1.807) is 7.11 Å². The standard InChI is InChI=1S/C21H21N5O3S/c1-4-28-18-8-6-5-7-17(18)20-22-19(29-25-20)13-30-21-24-23-14(2)26(21)15-9-11-16(27-3)12-10-15/h5-12H,4,13H2,1-3H3. The second-order valence-electron chi connectivity index (χ2n) is 6.29. The third kappa shape index (κ3) is 4.16. The second kappa shape index (κ2) is 9.00. The molecular weight excluding hydrogens is 402 g/mol. The van der Waals surface area contributed by atoms with Gasteiger partial charge in [0.2, 0.25) is 11.7 Å². The van der Waals surface area contributed by atoms with Gasteiger partial charge >= 0.3 is 0 Å². The predicted octanol–water partition coefficient (Wildman–Crippen LogP) is 4.33. The summed E-state index contributed by atoms with van der Waals surface area (Å²) in [6.07, 6.45) is 0. The van der Waals surface area contributed by atoms with Gasteiger partial charge < -0.3 is 14.0 Å². The molecule has 0 radical (unpaired) electrons. The summed E-state index contributed by atoms with van der Waals surface area (Å²) < 4.78 is 18.3. The van der Waals surface area contributed by atoms with Crippen molar-refractivity contribution >= 4 is 11.8 Å². The minimum absolute atomic E-state index is 0.470. The molecular formula is C21H21N5O3S. The topological polar surface area (TPSA) is 88.1 Å². The molecule has 4 rings (SSSR count). The van der Waals surface area contributed by atoms with Crippen LogP contribution in [0.5, 0.6) is 11.5 Å². The molecule has 0 fully saturated rings. The molecule has 30 heavy (non-hydrogen) atoms. The van der Waals surface area contributed by atoms with Crippen LogP contribution in [-0.2, 0) is 5.75 Å². The highest BCUT2D eigenvalue weighted by molar-refractivity contribution is 7.98. The number of benzene rings is 2. The summed E-state index contributed by atoms with van der Waals surface area (Å²) in [5.74, 6) is 3.79. The molecule has 2 heterocycles. The maximum Gasteiger partial charge on any atom is 0.237 e. The molecule has 0 bridgehead atoms. The van der Waals surface area contributed by atoms with Crippen molar-refractivity contribution in [1.29, 1.82) is 0 Å². The highest BCUT2D eigenvalue weighted by Crippen LogP contribution is 2.29. The van der Waals surface area contributed by atoms with Gasteiger partial charge in [0.25, 0.3) is 0 Å². The molecule has 0 aliphatic rings. The highest BCUT2D eigenvalue weighted by Gasteiger charge is 2.16. The summed E-state index contributed by atoms with van der Waals surface area (Å²) in [7, 11) is 1.64. The van der Waals surface area contributed by atoms with Crippen molar-refractivity contribution in [1.82, 2.24) is 24.9 Å². The Kier molecular flexibility index (Phi) is 5.99. The number of aryl methyl sites for hydroxylation is 1. The molecule has 0 spiro atoms. The van der Waals surface area contributed by atoms with Crippen LogP contribution >= 0.6 is 11.8 Å². The Bertz CT molecular complexity index is 1120. The van der Waals surface area contributed by atoms with Crippen molar-refractivity contribution in [2.45, 2.75) is 24.8 Å². The molecule has 2 aromatic heterocycles. The van der Waals surface area contributed by atoms with Crippen LogP contribution in [0.3, 0.4) is 0 Å². The number of methoxy groups -OCH3 is 1. The third-order valence-electron chi connectivity index (χ3n) is 4.35. The van der Waals surface area contributed by atoms with Crippen LogP contribution in [0.4, 0.5) is 0 Å². The normalized spacial score (nSPS) is 10.9. The SMILES string of the molecule is CCOc1ccccc1-c1noc(CSc2nnc(C)n2-c2ccc(OC)cc2)n1. The minimum Gasteiger partial charge on any atom is -0.497 e. The van der Waals surface area contributed by atoms with E-state index in [0.29, 0.717) is 24.1 Å². The van der Waals surface area contributed by atoms with Crippen LogP contribution in [0.1, 0.15) is 18.6 Å². The van der Waals surface area contributed by atoms with Gasteiger partial charge in [-0.3, -0.25) is 4.57 Å². The summed E-state index contributed by atoms with van der Waals surface area (Å²) in [6.45, 7) is 4.42. The Morgan fingerprint density at radius 2 is 1.87 bits per heavy atom. The van der Waals surface area contributed by atoms with Crippen molar-refractivity contribution in [3.05, 3.63) is 60.2 Å². The largest absolute Gasteiger partial charge is 0.497 e. The van der Waals surface area contributed by atoms with Crippen LogP contribution in [0.15, 0.2) is 58.2 Å². The summed E-state index contributed by atoms with van der Waals surface area (Å²) >= 11 is 1.48. The highest BCUT2D eigenvalue weighted by atomic mass is 32.2. The fourth-order valence-electron chi connectivity index (χ4n) is 2.95. The summed E-state index contributed by atoms with van der Waals surface area (Å²) in [5.41, 5.74) is 1.76. The van der Waals surface area contributed by atoms with Gasteiger partial charge in [0.1, 0.15) is 17.3 Å². The van der Waals surface area contributed by atoms with Gasteiger partial charge in [-0.25, -0.2) is 0 Å². The van der Waals surface area contributed by atoms with Crippen LogP contribution in [0, 0.1) is 6.92 Å². The van der Waals surface area contributed by atoms with Gasteiger partial charge in [0, 0.05) is 5.69 Å². The van der Waals surface area contributed by atoms with Gasteiger partial charge in [0.15, 0.2) is 5.16 Å². The fourth-order valence-corrected chi connectivity index (χ4v) is 3.78. The summed E-state index contributed by atoms with van der Waals surface area (Å²) in [6, 6.07) is 15.4. The zero-order chi connectivity index (χ0) is 20.9. The molecule has 2 aromatic carbocycles. The quantitative estimate of drug-likeness (QED) is 0.387. The molecule has 9 heteroatoms. The smallest absolute Gasteiger partial charge is 0.237 e. The molecule has 0 N–H and O–H groups in total. The molecule has 0 saturated heterocycles. The molecule has 0 aliphatic heterocycles. The second-order valence-corrected chi connectivity index (χ2v) is 7.24. The van der Waals surface area contributed by atoms with E-state index in [1.807, 2.05) is 66.9 Å². The van der Waals surface area contributed by atoms with E-state index in [2.05, 4.69) is 20.3 Å². The number of nitrogens with zero attached hydrogens (tertiary/aromatic N) is 5. The molecule has 154 valence electrons. The first-order valence-electron chi connectivity index (χ1n) is 9.43. The number of thioether (sulfide) groups is 1. The summed E-state index contributed by atoms with van der Waals surface area (Å²) in [4.78, 5) is 4.52. The van der Waals surface area contributed by atoms with Crippen LogP contribution in [0.2, 0.25) is 0 Å². The lowest BCUT2D eigenvalue weighted by atomic mass is 10.2. The Balaban J connectivity index is 1.52. The van der Waals surface area contributed by atoms with Crippen LogP contribution in [0.25, 0.3) is 17.1 Å². The van der Waals surface area contributed by atoms with Gasteiger partial charge in [-0.2, -0.15) is 4.98 Å². The first kappa shape index (κ1) is 20.0. The van der Waals surface area contributed by atoms with E-state index >= 15 is 0 Å². The van der Waals surface area contributed by atoms with Gasteiger partial charge in [-0.1, -0.05) is 29.1 Å². The van der Waals surface area contributed by atoms with E-state index in [-0.39, 0.29) is 0 Å². The Hall–Kier alpha value is -3.33. The average Bonchev–Trinajstić information content (AvgIpc) is 3.39. The fraction of sp³-hybridized carbons (Fsp3) is 0.238. The van der Waals surface area contributed by atoms with Crippen LogP contribution in [-0.4, -0.2) is 38.6 Å². The zero-order valence-electron chi connectivity index (χ0n) is 16.9. The first-order chi connectivity index (χ1) is 14.7.